The van der Waals surface area contributed by atoms with Gasteiger partial charge in [0.2, 0.25) is 0 Å². The molecule has 4 rings (SSSR count). The fraction of sp³-hybridized carbons (Fsp3) is 0.125. The number of hydrogen-bond acceptors (Lipinski definition) is 5. The number of nitrogens with one attached hydrogen (secondary N) is 2. The van der Waals surface area contributed by atoms with Crippen molar-refractivity contribution in [1.82, 2.24) is 14.6 Å². The summed E-state index contributed by atoms with van der Waals surface area (Å²) in [5.41, 5.74) is 4.77. The number of aromatic hydroxyl groups is 1. The molecule has 0 saturated carbocycles. The SMILES string of the molecule is Cc1ccc(C(=N)Nc2cccc(N(C)C)c2)c(O)c1C#Cc1cnn2cccnc12. The first-order chi connectivity index (χ1) is 14.9. The van der Waals surface area contributed by atoms with Crippen LogP contribution in [0.25, 0.3) is 5.65 Å². The third kappa shape index (κ3) is 4.05. The smallest absolute Gasteiger partial charge is 0.170 e. The maximum absolute atomic E-state index is 10.9. The van der Waals surface area contributed by atoms with Gasteiger partial charge in [0.25, 0.3) is 0 Å². The average Bonchev–Trinajstić information content (AvgIpc) is 3.17. The Balaban J connectivity index is 1.65. The standard InChI is InChI=1S/C24H22N6O/c1-16-8-10-21(23(25)28-18-6-4-7-19(14-18)29(2)3)22(31)20(16)11-9-17-15-27-30-13-5-12-26-24(17)30/h4-8,10,12-15,31H,1-3H3,(H2,25,28). The van der Waals surface area contributed by atoms with Crippen LogP contribution in [0.2, 0.25) is 0 Å². The molecule has 0 atom stereocenters. The molecule has 0 fully saturated rings. The van der Waals surface area contributed by atoms with E-state index in [1.807, 2.05) is 56.3 Å². The molecular weight excluding hydrogens is 388 g/mol. The normalized spacial score (nSPS) is 10.4. The van der Waals surface area contributed by atoms with Gasteiger partial charge in [0.1, 0.15) is 11.6 Å². The summed E-state index contributed by atoms with van der Waals surface area (Å²) >= 11 is 0. The van der Waals surface area contributed by atoms with Gasteiger partial charge in [-0.05, 0) is 42.8 Å². The van der Waals surface area contributed by atoms with Crippen molar-refractivity contribution < 1.29 is 5.11 Å². The van der Waals surface area contributed by atoms with Crippen molar-refractivity contribution in [1.29, 1.82) is 5.41 Å². The Kier molecular flexibility index (Phi) is 5.29. The van der Waals surface area contributed by atoms with Crippen LogP contribution in [0, 0.1) is 24.2 Å². The van der Waals surface area contributed by atoms with E-state index in [-0.39, 0.29) is 11.6 Å². The van der Waals surface area contributed by atoms with Gasteiger partial charge in [0, 0.05) is 37.9 Å². The van der Waals surface area contributed by atoms with Gasteiger partial charge in [-0.3, -0.25) is 5.41 Å². The van der Waals surface area contributed by atoms with E-state index in [1.165, 1.54) is 0 Å². The zero-order chi connectivity index (χ0) is 22.0. The number of aryl methyl sites for hydroxylation is 1. The van der Waals surface area contributed by atoms with Gasteiger partial charge < -0.3 is 15.3 Å². The number of phenolic OH excluding ortho intramolecular Hbond substituents is 1. The quantitative estimate of drug-likeness (QED) is 0.273. The van der Waals surface area contributed by atoms with E-state index >= 15 is 0 Å². The van der Waals surface area contributed by atoms with Crippen LogP contribution in [0.1, 0.15) is 22.3 Å². The van der Waals surface area contributed by atoms with E-state index in [9.17, 15) is 5.11 Å². The van der Waals surface area contributed by atoms with Gasteiger partial charge in [-0.2, -0.15) is 5.10 Å². The molecule has 0 bridgehead atoms. The Labute approximate surface area is 180 Å². The lowest BCUT2D eigenvalue weighted by Gasteiger charge is -2.15. The minimum atomic E-state index is -0.0294. The van der Waals surface area contributed by atoms with Crippen LogP contribution in [0.3, 0.4) is 0 Å². The summed E-state index contributed by atoms with van der Waals surface area (Å²) in [6, 6.07) is 13.1. The number of anilines is 2. The first-order valence-electron chi connectivity index (χ1n) is 9.70. The highest BCUT2D eigenvalue weighted by Crippen LogP contribution is 2.27. The number of nitrogens with zero attached hydrogens (tertiary/aromatic N) is 4. The largest absolute Gasteiger partial charge is 0.506 e. The molecule has 31 heavy (non-hydrogen) atoms. The summed E-state index contributed by atoms with van der Waals surface area (Å²) in [5, 5.41) is 26.6. The molecule has 0 aliphatic carbocycles. The highest BCUT2D eigenvalue weighted by molar-refractivity contribution is 6.08. The highest BCUT2D eigenvalue weighted by Gasteiger charge is 2.14. The number of phenols is 1. The molecule has 0 aliphatic heterocycles. The van der Waals surface area contributed by atoms with Gasteiger partial charge in [-0.1, -0.05) is 24.0 Å². The third-order valence-corrected chi connectivity index (χ3v) is 4.89. The lowest BCUT2D eigenvalue weighted by molar-refractivity contribution is 0.472. The first-order valence-corrected chi connectivity index (χ1v) is 9.70. The molecule has 0 unspecified atom stereocenters. The average molecular weight is 410 g/mol. The van der Waals surface area contributed by atoms with Crippen molar-refractivity contribution in [3.8, 4) is 17.6 Å². The maximum Gasteiger partial charge on any atom is 0.170 e. The van der Waals surface area contributed by atoms with Crippen LogP contribution in [0.5, 0.6) is 5.75 Å². The summed E-state index contributed by atoms with van der Waals surface area (Å²) in [6.07, 6.45) is 5.13. The molecule has 7 nitrogen and oxygen atoms in total. The molecule has 2 aromatic heterocycles. The molecule has 7 heteroatoms. The molecule has 0 saturated heterocycles. The summed E-state index contributed by atoms with van der Waals surface area (Å²) in [5.74, 6) is 6.15. The number of rotatable bonds is 3. The van der Waals surface area contributed by atoms with Gasteiger partial charge in [-0.15, -0.1) is 0 Å². The van der Waals surface area contributed by atoms with Crippen molar-refractivity contribution in [3.63, 3.8) is 0 Å². The summed E-state index contributed by atoms with van der Waals surface area (Å²) in [6.45, 7) is 1.87. The molecule has 4 aromatic rings. The molecule has 0 radical (unpaired) electrons. The van der Waals surface area contributed by atoms with Crippen LogP contribution in [-0.4, -0.2) is 39.6 Å². The van der Waals surface area contributed by atoms with Gasteiger partial charge >= 0.3 is 0 Å². The van der Waals surface area contributed by atoms with Crippen molar-refractivity contribution in [2.24, 2.45) is 0 Å². The minimum Gasteiger partial charge on any atom is -0.506 e. The Morgan fingerprint density at radius 3 is 2.81 bits per heavy atom. The van der Waals surface area contributed by atoms with Gasteiger partial charge in [0.15, 0.2) is 5.65 Å². The zero-order valence-electron chi connectivity index (χ0n) is 17.5. The second kappa shape index (κ2) is 8.20. The Morgan fingerprint density at radius 1 is 1.16 bits per heavy atom. The van der Waals surface area contributed by atoms with Crippen LogP contribution in [-0.2, 0) is 0 Å². The van der Waals surface area contributed by atoms with Crippen LogP contribution >= 0.6 is 0 Å². The monoisotopic (exact) mass is 410 g/mol. The molecular formula is C24H22N6O. The lowest BCUT2D eigenvalue weighted by atomic mass is 10.0. The lowest BCUT2D eigenvalue weighted by Crippen LogP contribution is -2.14. The summed E-state index contributed by atoms with van der Waals surface area (Å²) in [4.78, 5) is 6.29. The Morgan fingerprint density at radius 2 is 2.00 bits per heavy atom. The molecule has 0 aliphatic rings. The van der Waals surface area contributed by atoms with Gasteiger partial charge in [0.05, 0.1) is 22.9 Å². The summed E-state index contributed by atoms with van der Waals surface area (Å²) in [7, 11) is 3.92. The fourth-order valence-electron chi connectivity index (χ4n) is 3.17. The second-order valence-electron chi connectivity index (χ2n) is 7.29. The van der Waals surface area contributed by atoms with Crippen molar-refractivity contribution in [3.05, 3.63) is 83.3 Å². The van der Waals surface area contributed by atoms with E-state index in [1.54, 1.807) is 35.2 Å². The summed E-state index contributed by atoms with van der Waals surface area (Å²) < 4.78 is 1.65. The number of fused-ring (bicyclic) bond motifs is 1. The van der Waals surface area contributed by atoms with E-state index in [0.29, 0.717) is 22.3 Å². The van der Waals surface area contributed by atoms with Crippen LogP contribution in [0.15, 0.2) is 61.1 Å². The first kappa shape index (κ1) is 20.0. The highest BCUT2D eigenvalue weighted by atomic mass is 16.3. The number of hydrogen-bond donors (Lipinski definition) is 3. The Hall–Kier alpha value is -4.31. The maximum atomic E-state index is 10.9. The van der Waals surface area contributed by atoms with Crippen molar-refractivity contribution in [2.45, 2.75) is 6.92 Å². The second-order valence-corrected chi connectivity index (χ2v) is 7.29. The third-order valence-electron chi connectivity index (χ3n) is 4.89. The van der Waals surface area contributed by atoms with Crippen LogP contribution in [0.4, 0.5) is 11.4 Å². The molecule has 0 amide bonds. The minimum absolute atomic E-state index is 0.0294. The zero-order valence-corrected chi connectivity index (χ0v) is 17.5. The molecule has 154 valence electrons. The predicted molar refractivity (Wildman–Crippen MR) is 123 cm³/mol. The van der Waals surface area contributed by atoms with E-state index < -0.39 is 0 Å². The predicted octanol–water partition coefficient (Wildman–Crippen LogP) is 3.65. The van der Waals surface area contributed by atoms with E-state index in [0.717, 1.165) is 16.9 Å². The van der Waals surface area contributed by atoms with E-state index in [4.69, 9.17) is 5.41 Å². The fourth-order valence-corrected chi connectivity index (χ4v) is 3.17. The number of aromatic nitrogens is 3. The molecule has 2 aromatic carbocycles. The molecule has 0 spiro atoms. The Bertz CT molecular complexity index is 1340. The number of benzene rings is 2. The molecule has 2 heterocycles. The molecule has 3 N–H and O–H groups in total. The number of amidine groups is 1. The van der Waals surface area contributed by atoms with E-state index in [2.05, 4.69) is 27.2 Å². The topological polar surface area (TPSA) is 89.5 Å². The van der Waals surface area contributed by atoms with Crippen molar-refractivity contribution >= 4 is 22.9 Å². The van der Waals surface area contributed by atoms with Crippen molar-refractivity contribution in [2.75, 3.05) is 24.3 Å². The van der Waals surface area contributed by atoms with Crippen LogP contribution < -0.4 is 10.2 Å². The van der Waals surface area contributed by atoms with Gasteiger partial charge in [-0.25, -0.2) is 9.50 Å².